The van der Waals surface area contributed by atoms with Gasteiger partial charge in [0.15, 0.2) is 0 Å². The number of aromatic amines is 1. The molecule has 2 saturated heterocycles. The number of rotatable bonds is 5. The van der Waals surface area contributed by atoms with Gasteiger partial charge in [0.1, 0.15) is 11.6 Å². The molecule has 166 valence electrons. The summed E-state index contributed by atoms with van der Waals surface area (Å²) in [4.78, 5) is 14.6. The lowest BCUT2D eigenvalue weighted by atomic mass is 10.0. The molecule has 2 aliphatic rings. The van der Waals surface area contributed by atoms with E-state index in [9.17, 15) is 9.18 Å². The minimum Gasteiger partial charge on any atom is -0.497 e. The third-order valence-electron chi connectivity index (χ3n) is 6.73. The van der Waals surface area contributed by atoms with Crippen molar-refractivity contribution in [3.05, 3.63) is 71.7 Å². The average molecular weight is 435 g/mol. The largest absolute Gasteiger partial charge is 0.497 e. The van der Waals surface area contributed by atoms with E-state index in [-0.39, 0.29) is 29.8 Å². The number of benzene rings is 2. The van der Waals surface area contributed by atoms with Crippen LogP contribution in [-0.4, -0.2) is 40.2 Å². The second-order valence-corrected chi connectivity index (χ2v) is 8.58. The molecule has 0 aliphatic carbocycles. The van der Waals surface area contributed by atoms with Gasteiger partial charge < -0.3 is 10.1 Å². The van der Waals surface area contributed by atoms with Crippen molar-refractivity contribution in [1.82, 2.24) is 20.4 Å². The standard InChI is InChI=1S/C25H27FN4O2/c1-32-18-11-9-16(10-12-18)25-17(14-27-29-25)15-30-22-7-4-8-24(31)28-21(22)13-23(30)19-5-2-3-6-20(19)26/h2-3,5-6,9-12,14,21-23H,4,7-8,13,15H2,1H3,(H,27,29)(H,28,31)/t21-,22+,23-/m0/s1. The van der Waals surface area contributed by atoms with Crippen molar-refractivity contribution >= 4 is 5.91 Å². The Hall–Kier alpha value is -3.19. The van der Waals surface area contributed by atoms with Crippen LogP contribution in [-0.2, 0) is 11.3 Å². The third-order valence-corrected chi connectivity index (χ3v) is 6.73. The Bertz CT molecular complexity index is 1100. The summed E-state index contributed by atoms with van der Waals surface area (Å²) in [7, 11) is 1.65. The average Bonchev–Trinajstić information content (AvgIpc) is 3.34. The molecule has 3 heterocycles. The van der Waals surface area contributed by atoms with E-state index in [0.29, 0.717) is 24.9 Å². The zero-order valence-corrected chi connectivity index (χ0v) is 18.1. The van der Waals surface area contributed by atoms with Gasteiger partial charge in [-0.3, -0.25) is 14.8 Å². The molecule has 7 heteroatoms. The highest BCUT2D eigenvalue weighted by atomic mass is 19.1. The highest BCUT2D eigenvalue weighted by Crippen LogP contribution is 2.42. The predicted octanol–water partition coefficient (Wildman–Crippen LogP) is 4.21. The number of ether oxygens (including phenoxy) is 1. The highest BCUT2D eigenvalue weighted by Gasteiger charge is 2.44. The summed E-state index contributed by atoms with van der Waals surface area (Å²) in [5.74, 6) is 0.688. The van der Waals surface area contributed by atoms with Gasteiger partial charge in [-0.05, 0) is 49.6 Å². The molecule has 6 nitrogen and oxygen atoms in total. The molecule has 1 amide bonds. The Kier molecular flexibility index (Phi) is 5.66. The smallest absolute Gasteiger partial charge is 0.220 e. The number of amides is 1. The maximum atomic E-state index is 14.8. The molecule has 0 radical (unpaired) electrons. The van der Waals surface area contributed by atoms with E-state index in [1.54, 1.807) is 13.2 Å². The maximum absolute atomic E-state index is 14.8. The van der Waals surface area contributed by atoms with E-state index in [4.69, 9.17) is 4.74 Å². The minimum atomic E-state index is -0.201. The number of nitrogens with zero attached hydrogens (tertiary/aromatic N) is 2. The van der Waals surface area contributed by atoms with Crippen molar-refractivity contribution in [1.29, 1.82) is 0 Å². The van der Waals surface area contributed by atoms with Gasteiger partial charge in [-0.25, -0.2) is 4.39 Å². The van der Waals surface area contributed by atoms with Crippen LogP contribution in [0, 0.1) is 5.82 Å². The lowest BCUT2D eigenvalue weighted by molar-refractivity contribution is -0.121. The van der Waals surface area contributed by atoms with E-state index in [0.717, 1.165) is 35.4 Å². The highest BCUT2D eigenvalue weighted by molar-refractivity contribution is 5.76. The van der Waals surface area contributed by atoms with Crippen molar-refractivity contribution in [3.8, 4) is 17.0 Å². The molecule has 2 aliphatic heterocycles. The minimum absolute atomic E-state index is 0.0194. The van der Waals surface area contributed by atoms with Crippen LogP contribution in [0.4, 0.5) is 4.39 Å². The summed E-state index contributed by atoms with van der Waals surface area (Å²) in [5, 5.41) is 10.6. The fraction of sp³-hybridized carbons (Fsp3) is 0.360. The molecule has 0 saturated carbocycles. The predicted molar refractivity (Wildman–Crippen MR) is 119 cm³/mol. The van der Waals surface area contributed by atoms with Crippen LogP contribution in [0.25, 0.3) is 11.3 Å². The van der Waals surface area contributed by atoms with Gasteiger partial charge in [0.25, 0.3) is 0 Å². The Labute approximate surface area is 186 Å². The molecule has 2 N–H and O–H groups in total. The Balaban J connectivity index is 1.49. The Morgan fingerprint density at radius 3 is 2.78 bits per heavy atom. The Morgan fingerprint density at radius 2 is 2.00 bits per heavy atom. The van der Waals surface area contributed by atoms with E-state index in [2.05, 4.69) is 20.4 Å². The third kappa shape index (κ3) is 3.88. The normalized spacial score (nSPS) is 23.4. The van der Waals surface area contributed by atoms with Gasteiger partial charge in [-0.15, -0.1) is 0 Å². The molecule has 32 heavy (non-hydrogen) atoms. The quantitative estimate of drug-likeness (QED) is 0.631. The summed E-state index contributed by atoms with van der Waals surface area (Å²) in [5.41, 5.74) is 3.70. The Morgan fingerprint density at radius 1 is 1.19 bits per heavy atom. The van der Waals surface area contributed by atoms with Gasteiger partial charge in [0, 0.05) is 47.8 Å². The summed E-state index contributed by atoms with van der Waals surface area (Å²) in [6.07, 6.45) is 4.84. The molecule has 3 aromatic rings. The summed E-state index contributed by atoms with van der Waals surface area (Å²) in [6, 6.07) is 14.9. The fourth-order valence-electron chi connectivity index (χ4n) is 5.18. The van der Waals surface area contributed by atoms with Gasteiger partial charge >= 0.3 is 0 Å². The van der Waals surface area contributed by atoms with Gasteiger partial charge in [0.05, 0.1) is 19.0 Å². The number of carbonyl (C=O) groups is 1. The first-order valence-corrected chi connectivity index (χ1v) is 11.1. The maximum Gasteiger partial charge on any atom is 0.220 e. The number of aromatic nitrogens is 2. The van der Waals surface area contributed by atoms with E-state index >= 15 is 0 Å². The SMILES string of the molecule is COc1ccc(-c2[nH]ncc2CN2[C@@H]3CCCC(=O)N[C@H]3C[C@H]2c2ccccc2F)cc1. The molecule has 1 aromatic heterocycles. The topological polar surface area (TPSA) is 70.2 Å². The number of carbonyl (C=O) groups excluding carboxylic acids is 1. The molecule has 3 atom stereocenters. The number of hydrogen-bond acceptors (Lipinski definition) is 4. The summed E-state index contributed by atoms with van der Waals surface area (Å²) in [6.45, 7) is 0.619. The first-order chi connectivity index (χ1) is 15.6. The van der Waals surface area contributed by atoms with Gasteiger partial charge in [-0.2, -0.15) is 5.10 Å². The summed E-state index contributed by atoms with van der Waals surface area (Å²) < 4.78 is 20.1. The summed E-state index contributed by atoms with van der Waals surface area (Å²) >= 11 is 0. The first-order valence-electron chi connectivity index (χ1n) is 11.1. The monoisotopic (exact) mass is 434 g/mol. The zero-order chi connectivity index (χ0) is 22.1. The molecular weight excluding hydrogens is 407 g/mol. The number of H-pyrrole nitrogens is 1. The molecular formula is C25H27FN4O2. The van der Waals surface area contributed by atoms with E-state index in [1.807, 2.05) is 42.6 Å². The van der Waals surface area contributed by atoms with Crippen LogP contribution >= 0.6 is 0 Å². The van der Waals surface area contributed by atoms with E-state index < -0.39 is 0 Å². The van der Waals surface area contributed by atoms with Crippen molar-refractivity contribution in [2.24, 2.45) is 0 Å². The number of halogens is 1. The lowest BCUT2D eigenvalue weighted by Crippen LogP contribution is -2.42. The molecule has 2 aromatic carbocycles. The van der Waals surface area contributed by atoms with Crippen LogP contribution in [0.2, 0.25) is 0 Å². The van der Waals surface area contributed by atoms with Gasteiger partial charge in [-0.1, -0.05) is 18.2 Å². The van der Waals surface area contributed by atoms with E-state index in [1.165, 1.54) is 6.07 Å². The van der Waals surface area contributed by atoms with Crippen molar-refractivity contribution in [2.45, 2.75) is 50.4 Å². The molecule has 0 bridgehead atoms. The number of nitrogens with one attached hydrogen (secondary N) is 2. The van der Waals surface area contributed by atoms with Crippen LogP contribution in [0.5, 0.6) is 5.75 Å². The lowest BCUT2D eigenvalue weighted by Gasteiger charge is -2.31. The van der Waals surface area contributed by atoms with Gasteiger partial charge in [0.2, 0.25) is 5.91 Å². The number of likely N-dealkylation sites (tertiary alicyclic amines) is 1. The molecule has 2 fully saturated rings. The molecule has 0 unspecified atom stereocenters. The van der Waals surface area contributed by atoms with Crippen molar-refractivity contribution in [2.75, 3.05) is 7.11 Å². The van der Waals surface area contributed by atoms with Crippen LogP contribution in [0.1, 0.15) is 42.9 Å². The van der Waals surface area contributed by atoms with Crippen molar-refractivity contribution < 1.29 is 13.9 Å². The molecule has 0 spiro atoms. The second kappa shape index (κ2) is 8.74. The number of fused-ring (bicyclic) bond motifs is 1. The molecule has 5 rings (SSSR count). The number of methoxy groups -OCH3 is 1. The van der Waals surface area contributed by atoms with Crippen LogP contribution < -0.4 is 10.1 Å². The second-order valence-electron chi connectivity index (χ2n) is 8.58. The van der Waals surface area contributed by atoms with Crippen LogP contribution in [0.3, 0.4) is 0 Å². The number of hydrogen-bond donors (Lipinski definition) is 2. The zero-order valence-electron chi connectivity index (χ0n) is 18.1. The fourth-order valence-corrected chi connectivity index (χ4v) is 5.18. The van der Waals surface area contributed by atoms with Crippen LogP contribution in [0.15, 0.2) is 54.7 Å². The van der Waals surface area contributed by atoms with Crippen molar-refractivity contribution in [3.63, 3.8) is 0 Å². The first kappa shape index (κ1) is 20.7.